The molecule has 194 valence electrons. The highest BCUT2D eigenvalue weighted by molar-refractivity contribution is 7.22. The quantitative estimate of drug-likeness (QED) is 0.177. The molecule has 4 aromatic rings. The SMILES string of the molecule is Cc1cccc(C2/C(=C(\O)c3ccc(OC(C)C)c(C)c3)C(=O)C(=O)N2c2nc3cc(F)c(F)cc3s2)c1. The minimum Gasteiger partial charge on any atom is -0.507 e. The van der Waals surface area contributed by atoms with E-state index in [1.54, 1.807) is 30.3 Å². The largest absolute Gasteiger partial charge is 0.507 e. The molecule has 1 atom stereocenters. The summed E-state index contributed by atoms with van der Waals surface area (Å²) in [6.45, 7) is 7.50. The fourth-order valence-electron chi connectivity index (χ4n) is 4.54. The summed E-state index contributed by atoms with van der Waals surface area (Å²) in [5.41, 5.74) is 2.62. The van der Waals surface area contributed by atoms with Gasteiger partial charge in [0.2, 0.25) is 0 Å². The van der Waals surface area contributed by atoms with Gasteiger partial charge in [-0.05, 0) is 63.1 Å². The van der Waals surface area contributed by atoms with Crippen LogP contribution in [0.3, 0.4) is 0 Å². The Labute approximate surface area is 221 Å². The number of carbonyl (C=O) groups excluding carboxylic acids is 2. The van der Waals surface area contributed by atoms with Gasteiger partial charge in [-0.15, -0.1) is 0 Å². The van der Waals surface area contributed by atoms with Gasteiger partial charge >= 0.3 is 5.91 Å². The molecule has 1 amide bonds. The molecule has 0 spiro atoms. The van der Waals surface area contributed by atoms with Crippen LogP contribution in [-0.4, -0.2) is 27.9 Å². The Hall–Kier alpha value is -4.11. The number of nitrogens with zero attached hydrogens (tertiary/aromatic N) is 2. The van der Waals surface area contributed by atoms with E-state index in [0.29, 0.717) is 21.6 Å². The van der Waals surface area contributed by atoms with Crippen LogP contribution in [0.4, 0.5) is 13.9 Å². The summed E-state index contributed by atoms with van der Waals surface area (Å²) in [6.07, 6.45) is -0.0458. The van der Waals surface area contributed by atoms with Crippen molar-refractivity contribution < 1.29 is 28.2 Å². The molecule has 2 heterocycles. The van der Waals surface area contributed by atoms with Crippen LogP contribution in [0, 0.1) is 25.5 Å². The zero-order valence-corrected chi connectivity index (χ0v) is 21.9. The number of aromatic nitrogens is 1. The number of fused-ring (bicyclic) bond motifs is 1. The molecule has 0 bridgehead atoms. The van der Waals surface area contributed by atoms with Crippen molar-refractivity contribution in [3.63, 3.8) is 0 Å². The first-order valence-electron chi connectivity index (χ1n) is 12.0. The molecule has 1 N–H and O–H groups in total. The van der Waals surface area contributed by atoms with Gasteiger partial charge in [0.25, 0.3) is 5.78 Å². The highest BCUT2D eigenvalue weighted by Crippen LogP contribution is 2.44. The number of ether oxygens (including phenoxy) is 1. The Balaban J connectivity index is 1.69. The van der Waals surface area contributed by atoms with Gasteiger partial charge in [-0.2, -0.15) is 0 Å². The third kappa shape index (κ3) is 4.43. The number of aryl methyl sites for hydroxylation is 2. The molecule has 0 radical (unpaired) electrons. The van der Waals surface area contributed by atoms with Crippen LogP contribution in [0.1, 0.15) is 42.1 Å². The lowest BCUT2D eigenvalue weighted by Gasteiger charge is -2.23. The second-order valence-corrected chi connectivity index (χ2v) is 10.5. The molecule has 1 fully saturated rings. The zero-order chi connectivity index (χ0) is 27.3. The summed E-state index contributed by atoms with van der Waals surface area (Å²) >= 11 is 0.960. The number of thiazole rings is 1. The van der Waals surface area contributed by atoms with Crippen molar-refractivity contribution in [2.24, 2.45) is 0 Å². The second kappa shape index (κ2) is 9.64. The predicted molar refractivity (Wildman–Crippen MR) is 142 cm³/mol. The smallest absolute Gasteiger partial charge is 0.301 e. The second-order valence-electron chi connectivity index (χ2n) is 9.46. The molecule has 1 aliphatic heterocycles. The van der Waals surface area contributed by atoms with E-state index < -0.39 is 29.4 Å². The Morgan fingerprint density at radius 2 is 1.79 bits per heavy atom. The number of hydrogen-bond donors (Lipinski definition) is 1. The van der Waals surface area contributed by atoms with Gasteiger partial charge < -0.3 is 9.84 Å². The van der Waals surface area contributed by atoms with Crippen molar-refractivity contribution in [3.05, 3.63) is 94.1 Å². The molecule has 5 rings (SSSR count). The highest BCUT2D eigenvalue weighted by atomic mass is 32.1. The number of anilines is 1. The van der Waals surface area contributed by atoms with Gasteiger partial charge in [-0.3, -0.25) is 14.5 Å². The van der Waals surface area contributed by atoms with Crippen LogP contribution >= 0.6 is 11.3 Å². The fraction of sp³-hybridized carbons (Fsp3) is 0.207. The number of carbonyl (C=O) groups is 2. The van der Waals surface area contributed by atoms with Gasteiger partial charge in [0.05, 0.1) is 27.9 Å². The molecule has 1 unspecified atom stereocenters. The van der Waals surface area contributed by atoms with Crippen LogP contribution < -0.4 is 9.64 Å². The van der Waals surface area contributed by atoms with Crippen molar-refractivity contribution in [2.45, 2.75) is 39.8 Å². The summed E-state index contributed by atoms with van der Waals surface area (Å²) < 4.78 is 33.8. The first kappa shape index (κ1) is 25.5. The number of aliphatic hydroxyl groups excluding tert-OH is 1. The Morgan fingerprint density at radius 3 is 2.47 bits per heavy atom. The van der Waals surface area contributed by atoms with Gasteiger partial charge in [0.15, 0.2) is 16.8 Å². The van der Waals surface area contributed by atoms with Crippen LogP contribution in [0.25, 0.3) is 16.0 Å². The van der Waals surface area contributed by atoms with Gasteiger partial charge in [-0.1, -0.05) is 41.2 Å². The Bertz CT molecular complexity index is 1600. The lowest BCUT2D eigenvalue weighted by atomic mass is 9.94. The minimum atomic E-state index is -1.06. The average Bonchev–Trinajstić information content (AvgIpc) is 3.37. The molecule has 0 aliphatic carbocycles. The zero-order valence-electron chi connectivity index (χ0n) is 21.1. The van der Waals surface area contributed by atoms with Crippen molar-refractivity contribution in [3.8, 4) is 5.75 Å². The summed E-state index contributed by atoms with van der Waals surface area (Å²) in [7, 11) is 0. The van der Waals surface area contributed by atoms with Gasteiger partial charge in [0, 0.05) is 11.6 Å². The number of aliphatic hydroxyl groups is 1. The first-order valence-corrected chi connectivity index (χ1v) is 12.8. The van der Waals surface area contributed by atoms with Crippen LogP contribution in [0.15, 0.2) is 60.2 Å². The lowest BCUT2D eigenvalue weighted by Crippen LogP contribution is -2.29. The van der Waals surface area contributed by atoms with Crippen molar-refractivity contribution in [2.75, 3.05) is 4.90 Å². The maximum Gasteiger partial charge on any atom is 0.301 e. The molecule has 3 aromatic carbocycles. The minimum absolute atomic E-state index is 0.0458. The molecule has 0 saturated carbocycles. The first-order chi connectivity index (χ1) is 18.0. The van der Waals surface area contributed by atoms with E-state index in [2.05, 4.69) is 4.98 Å². The number of halogens is 2. The maximum absolute atomic E-state index is 13.9. The van der Waals surface area contributed by atoms with Crippen molar-refractivity contribution in [1.29, 1.82) is 0 Å². The van der Waals surface area contributed by atoms with E-state index in [0.717, 1.165) is 34.6 Å². The van der Waals surface area contributed by atoms with Crippen LogP contribution in [0.5, 0.6) is 5.75 Å². The topological polar surface area (TPSA) is 79.7 Å². The number of amides is 1. The van der Waals surface area contributed by atoms with Gasteiger partial charge in [0.1, 0.15) is 11.5 Å². The Kier molecular flexibility index (Phi) is 6.48. The Morgan fingerprint density at radius 1 is 1.05 bits per heavy atom. The third-order valence-electron chi connectivity index (χ3n) is 6.24. The monoisotopic (exact) mass is 534 g/mol. The standard InChI is InChI=1S/C29H24F2N2O4S/c1-14(2)37-22-9-8-18(11-16(22)4)26(34)24-25(17-7-5-6-15(3)10-17)33(28(36)27(24)35)29-32-21-12-19(30)20(31)13-23(21)38-29/h5-14,25,34H,1-4H3/b26-24+. The molecule has 1 aromatic heterocycles. The lowest BCUT2D eigenvalue weighted by molar-refractivity contribution is -0.132. The molecular weight excluding hydrogens is 510 g/mol. The van der Waals surface area contributed by atoms with E-state index in [-0.39, 0.29) is 28.1 Å². The van der Waals surface area contributed by atoms with E-state index >= 15 is 0 Å². The number of hydrogen-bond acceptors (Lipinski definition) is 6. The van der Waals surface area contributed by atoms with Gasteiger partial charge in [-0.25, -0.2) is 13.8 Å². The predicted octanol–water partition coefficient (Wildman–Crippen LogP) is 6.60. The number of rotatable bonds is 5. The maximum atomic E-state index is 13.9. The van der Waals surface area contributed by atoms with E-state index in [4.69, 9.17) is 4.74 Å². The van der Waals surface area contributed by atoms with E-state index in [9.17, 15) is 23.5 Å². The normalized spacial score (nSPS) is 17.1. The molecular formula is C29H24F2N2O4S. The molecule has 1 saturated heterocycles. The summed E-state index contributed by atoms with van der Waals surface area (Å²) in [5.74, 6) is -3.58. The number of Topliss-reactive ketones (excluding diaryl/α,β-unsaturated/α-hetero) is 1. The fourth-order valence-corrected chi connectivity index (χ4v) is 5.54. The van der Waals surface area contributed by atoms with Crippen LogP contribution in [-0.2, 0) is 9.59 Å². The molecule has 38 heavy (non-hydrogen) atoms. The summed E-state index contributed by atoms with van der Waals surface area (Å²) in [5, 5.41) is 11.5. The van der Waals surface area contributed by atoms with Crippen LogP contribution in [0.2, 0.25) is 0 Å². The highest BCUT2D eigenvalue weighted by Gasteiger charge is 2.48. The number of ketones is 1. The number of benzene rings is 3. The van der Waals surface area contributed by atoms with Crippen molar-refractivity contribution >= 4 is 44.1 Å². The van der Waals surface area contributed by atoms with E-state index in [1.165, 1.54) is 4.90 Å². The molecule has 6 nitrogen and oxygen atoms in total. The third-order valence-corrected chi connectivity index (χ3v) is 7.26. The molecule has 1 aliphatic rings. The average molecular weight is 535 g/mol. The van der Waals surface area contributed by atoms with Crippen molar-refractivity contribution in [1.82, 2.24) is 4.98 Å². The van der Waals surface area contributed by atoms with E-state index in [1.807, 2.05) is 39.8 Å². The summed E-state index contributed by atoms with van der Waals surface area (Å²) in [4.78, 5) is 32.3. The molecule has 9 heteroatoms. The summed E-state index contributed by atoms with van der Waals surface area (Å²) in [6, 6.07) is 13.2.